The first-order chi connectivity index (χ1) is 16.4. The smallest absolute Gasteiger partial charge is 0.277 e. The van der Waals surface area contributed by atoms with E-state index in [1.165, 1.54) is 22.2 Å². The number of rotatable bonds is 7. The number of sulfonamides is 1. The molecule has 0 saturated carbocycles. The van der Waals surface area contributed by atoms with E-state index >= 15 is 0 Å². The summed E-state index contributed by atoms with van der Waals surface area (Å²) in [7, 11) is -3.65. The van der Waals surface area contributed by atoms with Crippen LogP contribution in [0.15, 0.2) is 65.8 Å². The Hall–Kier alpha value is -3.38. The van der Waals surface area contributed by atoms with Gasteiger partial charge in [-0.15, -0.1) is 0 Å². The number of piperazine rings is 1. The third-order valence-corrected chi connectivity index (χ3v) is 7.59. The van der Waals surface area contributed by atoms with Crippen LogP contribution in [0.1, 0.15) is 15.9 Å². The zero-order valence-corrected chi connectivity index (χ0v) is 19.1. The highest BCUT2D eigenvalue weighted by Gasteiger charge is 2.29. The lowest BCUT2D eigenvalue weighted by molar-refractivity contribution is 0.0705. The SMILES string of the molecule is O=C(NO)c1cnc(N2CCN(S(=O)(=O)c3ccc(-c4cccc(CCO)c4)cc3)CC2)nc1. The van der Waals surface area contributed by atoms with Crippen molar-refractivity contribution in [1.82, 2.24) is 19.8 Å². The van der Waals surface area contributed by atoms with Crippen LogP contribution in [0.5, 0.6) is 0 Å². The van der Waals surface area contributed by atoms with Crippen molar-refractivity contribution in [1.29, 1.82) is 0 Å². The van der Waals surface area contributed by atoms with Gasteiger partial charge in [-0.1, -0.05) is 36.4 Å². The minimum atomic E-state index is -3.65. The van der Waals surface area contributed by atoms with Gasteiger partial charge in [0.25, 0.3) is 5.91 Å². The number of aromatic nitrogens is 2. The third kappa shape index (κ3) is 5.07. The van der Waals surface area contributed by atoms with Gasteiger partial charge < -0.3 is 10.0 Å². The van der Waals surface area contributed by atoms with Crippen molar-refractivity contribution in [3.05, 3.63) is 72.1 Å². The third-order valence-electron chi connectivity index (χ3n) is 5.68. The van der Waals surface area contributed by atoms with Crippen LogP contribution in [0, 0.1) is 0 Å². The Balaban J connectivity index is 1.42. The number of hydrogen-bond acceptors (Lipinski definition) is 8. The molecule has 1 aliphatic rings. The summed E-state index contributed by atoms with van der Waals surface area (Å²) >= 11 is 0. The lowest BCUT2D eigenvalue weighted by atomic mass is 10.0. The summed E-state index contributed by atoms with van der Waals surface area (Å²) in [6, 6.07) is 14.6. The van der Waals surface area contributed by atoms with E-state index in [2.05, 4.69) is 9.97 Å². The van der Waals surface area contributed by atoms with Crippen LogP contribution in [0.2, 0.25) is 0 Å². The molecule has 0 atom stereocenters. The number of aliphatic hydroxyl groups excluding tert-OH is 1. The fraction of sp³-hybridized carbons (Fsp3) is 0.261. The Morgan fingerprint density at radius 2 is 1.65 bits per heavy atom. The predicted molar refractivity (Wildman–Crippen MR) is 125 cm³/mol. The van der Waals surface area contributed by atoms with E-state index in [1.807, 2.05) is 29.2 Å². The molecule has 1 amide bonds. The van der Waals surface area contributed by atoms with Crippen molar-refractivity contribution in [3.63, 3.8) is 0 Å². The topological polar surface area (TPSA) is 136 Å². The van der Waals surface area contributed by atoms with E-state index in [1.54, 1.807) is 24.3 Å². The first-order valence-electron chi connectivity index (χ1n) is 10.7. The number of carbonyl (C=O) groups excluding carboxylic acids is 1. The van der Waals surface area contributed by atoms with Gasteiger partial charge in [-0.05, 0) is 35.2 Å². The Morgan fingerprint density at radius 1 is 0.971 bits per heavy atom. The number of hydrogen-bond donors (Lipinski definition) is 3. The van der Waals surface area contributed by atoms with E-state index in [0.29, 0.717) is 25.5 Å². The Labute approximate surface area is 197 Å². The summed E-state index contributed by atoms with van der Waals surface area (Å²) in [5.74, 6) is -0.314. The average Bonchev–Trinajstić information content (AvgIpc) is 2.89. The second-order valence-electron chi connectivity index (χ2n) is 7.80. The van der Waals surface area contributed by atoms with E-state index in [0.717, 1.165) is 16.7 Å². The van der Waals surface area contributed by atoms with Crippen LogP contribution >= 0.6 is 0 Å². The van der Waals surface area contributed by atoms with Gasteiger partial charge in [0, 0.05) is 45.2 Å². The molecule has 1 saturated heterocycles. The Bertz CT molecular complexity index is 1240. The predicted octanol–water partition coefficient (Wildman–Crippen LogP) is 1.31. The molecular weight excluding hydrogens is 458 g/mol. The fourth-order valence-electron chi connectivity index (χ4n) is 3.80. The molecule has 11 heteroatoms. The molecule has 2 aromatic carbocycles. The second-order valence-corrected chi connectivity index (χ2v) is 9.74. The van der Waals surface area contributed by atoms with Crippen molar-refractivity contribution >= 4 is 21.9 Å². The molecule has 3 N–H and O–H groups in total. The molecule has 1 aliphatic heterocycles. The van der Waals surface area contributed by atoms with Gasteiger partial charge in [-0.3, -0.25) is 10.0 Å². The van der Waals surface area contributed by atoms with Gasteiger partial charge in [0.2, 0.25) is 16.0 Å². The van der Waals surface area contributed by atoms with Crippen LogP contribution in [0.4, 0.5) is 5.95 Å². The molecule has 0 spiro atoms. The quantitative estimate of drug-likeness (QED) is 0.338. The maximum Gasteiger partial charge on any atom is 0.277 e. The van der Waals surface area contributed by atoms with Gasteiger partial charge in [0.05, 0.1) is 10.5 Å². The Morgan fingerprint density at radius 3 is 2.26 bits per heavy atom. The number of hydroxylamine groups is 1. The summed E-state index contributed by atoms with van der Waals surface area (Å²) in [6.45, 7) is 1.43. The first kappa shape index (κ1) is 23.8. The van der Waals surface area contributed by atoms with Crippen molar-refractivity contribution in [2.75, 3.05) is 37.7 Å². The number of amides is 1. The lowest BCUT2D eigenvalue weighted by Crippen LogP contribution is -2.49. The molecule has 2 heterocycles. The van der Waals surface area contributed by atoms with Crippen LogP contribution in [0.25, 0.3) is 11.1 Å². The normalized spacial score (nSPS) is 14.7. The summed E-state index contributed by atoms with van der Waals surface area (Å²) in [6.07, 6.45) is 3.18. The molecule has 0 unspecified atom stereocenters. The van der Waals surface area contributed by atoms with E-state index in [4.69, 9.17) is 10.3 Å². The maximum absolute atomic E-state index is 13.2. The van der Waals surface area contributed by atoms with E-state index in [-0.39, 0.29) is 30.2 Å². The molecule has 1 fully saturated rings. The van der Waals surface area contributed by atoms with E-state index < -0.39 is 15.9 Å². The summed E-state index contributed by atoms with van der Waals surface area (Å²) < 4.78 is 27.7. The van der Waals surface area contributed by atoms with Gasteiger partial charge in [0.1, 0.15) is 0 Å². The second kappa shape index (κ2) is 10.3. The minimum absolute atomic E-state index is 0.0756. The van der Waals surface area contributed by atoms with Gasteiger partial charge in [-0.25, -0.2) is 23.9 Å². The zero-order chi connectivity index (χ0) is 24.1. The lowest BCUT2D eigenvalue weighted by Gasteiger charge is -2.34. The molecule has 0 radical (unpaired) electrons. The molecule has 10 nitrogen and oxygen atoms in total. The van der Waals surface area contributed by atoms with Crippen LogP contribution in [-0.4, -0.2) is 71.7 Å². The minimum Gasteiger partial charge on any atom is -0.396 e. The molecule has 0 aliphatic carbocycles. The summed E-state index contributed by atoms with van der Waals surface area (Å²) in [4.78, 5) is 21.7. The van der Waals surface area contributed by atoms with Crippen molar-refractivity contribution < 1.29 is 23.5 Å². The van der Waals surface area contributed by atoms with Gasteiger partial charge in [0.15, 0.2) is 0 Å². The summed E-state index contributed by atoms with van der Waals surface area (Å²) in [5, 5.41) is 17.8. The highest BCUT2D eigenvalue weighted by molar-refractivity contribution is 7.89. The first-order valence-corrected chi connectivity index (χ1v) is 12.2. The van der Waals surface area contributed by atoms with Crippen molar-refractivity contribution in [2.45, 2.75) is 11.3 Å². The molecule has 178 valence electrons. The van der Waals surface area contributed by atoms with E-state index in [9.17, 15) is 13.2 Å². The number of benzene rings is 2. The molecule has 1 aromatic heterocycles. The van der Waals surface area contributed by atoms with Crippen LogP contribution < -0.4 is 10.4 Å². The Kier molecular flexibility index (Phi) is 7.17. The number of anilines is 1. The fourth-order valence-corrected chi connectivity index (χ4v) is 5.22. The maximum atomic E-state index is 13.2. The largest absolute Gasteiger partial charge is 0.396 e. The molecule has 0 bridgehead atoms. The van der Waals surface area contributed by atoms with Gasteiger partial charge >= 0.3 is 0 Å². The highest BCUT2D eigenvalue weighted by atomic mass is 32.2. The number of nitrogens with one attached hydrogen (secondary N) is 1. The number of nitrogens with zero attached hydrogens (tertiary/aromatic N) is 4. The zero-order valence-electron chi connectivity index (χ0n) is 18.3. The van der Waals surface area contributed by atoms with Gasteiger partial charge in [-0.2, -0.15) is 4.31 Å². The standard InChI is InChI=1S/C23H25N5O5S/c29-13-8-17-2-1-3-19(14-17)18-4-6-21(7-5-18)34(32,33)28-11-9-27(10-12-28)23-24-15-20(16-25-23)22(30)26-31/h1-7,14-16,29,31H,8-13H2,(H,26,30). The van der Waals surface area contributed by atoms with Crippen molar-refractivity contribution in [2.24, 2.45) is 0 Å². The van der Waals surface area contributed by atoms with Crippen molar-refractivity contribution in [3.8, 4) is 11.1 Å². The molecule has 3 aromatic rings. The molecule has 4 rings (SSSR count). The van der Waals surface area contributed by atoms with Crippen LogP contribution in [0.3, 0.4) is 0 Å². The number of aliphatic hydroxyl groups is 1. The molecule has 34 heavy (non-hydrogen) atoms. The molecular formula is C23H25N5O5S. The highest BCUT2D eigenvalue weighted by Crippen LogP contribution is 2.25. The average molecular weight is 484 g/mol. The summed E-state index contributed by atoms with van der Waals surface area (Å²) in [5.41, 5.74) is 4.53. The van der Waals surface area contributed by atoms with Crippen LogP contribution in [-0.2, 0) is 16.4 Å². The monoisotopic (exact) mass is 483 g/mol. The number of carbonyl (C=O) groups is 1.